The molecule has 0 saturated carbocycles. The van der Waals surface area contributed by atoms with E-state index in [0.29, 0.717) is 24.9 Å². The summed E-state index contributed by atoms with van der Waals surface area (Å²) in [5.74, 6) is -1.30. The van der Waals surface area contributed by atoms with Crippen LogP contribution in [0.2, 0.25) is 0 Å². The summed E-state index contributed by atoms with van der Waals surface area (Å²) in [7, 11) is -3.61. The lowest BCUT2D eigenvalue weighted by Gasteiger charge is -2.21. The highest BCUT2D eigenvalue weighted by molar-refractivity contribution is 7.88. The second-order valence-electron chi connectivity index (χ2n) is 4.55. The maximum atomic E-state index is 12.8. The van der Waals surface area contributed by atoms with Crippen molar-refractivity contribution in [2.75, 3.05) is 6.54 Å². The molecule has 1 aromatic carbocycles. The van der Waals surface area contributed by atoms with Crippen molar-refractivity contribution < 1.29 is 17.6 Å². The summed E-state index contributed by atoms with van der Waals surface area (Å²) in [5.41, 5.74) is 5.69. The minimum absolute atomic E-state index is 0.253. The molecule has 1 heterocycles. The van der Waals surface area contributed by atoms with Gasteiger partial charge in [0.25, 0.3) is 0 Å². The SMILES string of the molecule is NC(=O)[C@@H]1CCCN1S(=O)(=O)Cc1ccc(F)cc1. The van der Waals surface area contributed by atoms with Gasteiger partial charge in [-0.2, -0.15) is 4.31 Å². The van der Waals surface area contributed by atoms with Gasteiger partial charge in [-0.25, -0.2) is 12.8 Å². The number of sulfonamides is 1. The molecule has 5 nitrogen and oxygen atoms in total. The maximum Gasteiger partial charge on any atom is 0.235 e. The molecule has 2 rings (SSSR count). The van der Waals surface area contributed by atoms with E-state index in [9.17, 15) is 17.6 Å². The van der Waals surface area contributed by atoms with Gasteiger partial charge < -0.3 is 5.73 Å². The van der Waals surface area contributed by atoms with Gasteiger partial charge in [-0.3, -0.25) is 4.79 Å². The topological polar surface area (TPSA) is 80.5 Å². The minimum Gasteiger partial charge on any atom is -0.368 e. The summed E-state index contributed by atoms with van der Waals surface area (Å²) < 4.78 is 38.4. The van der Waals surface area contributed by atoms with Gasteiger partial charge in [-0.05, 0) is 30.5 Å². The smallest absolute Gasteiger partial charge is 0.235 e. The first-order valence-corrected chi connectivity index (χ1v) is 7.54. The van der Waals surface area contributed by atoms with E-state index in [0.717, 1.165) is 4.31 Å². The number of carbonyl (C=O) groups is 1. The zero-order valence-electron chi connectivity index (χ0n) is 10.3. The van der Waals surface area contributed by atoms with Crippen LogP contribution in [0.5, 0.6) is 0 Å². The van der Waals surface area contributed by atoms with Gasteiger partial charge in [0.2, 0.25) is 15.9 Å². The number of primary amides is 1. The monoisotopic (exact) mass is 286 g/mol. The van der Waals surface area contributed by atoms with Crippen molar-refractivity contribution in [1.82, 2.24) is 4.31 Å². The standard InChI is InChI=1S/C12H15FN2O3S/c13-10-5-3-9(4-6-10)8-19(17,18)15-7-1-2-11(15)12(14)16/h3-6,11H,1-2,7-8H2,(H2,14,16)/t11-/m0/s1. The average molecular weight is 286 g/mol. The van der Waals surface area contributed by atoms with Crippen molar-refractivity contribution in [1.29, 1.82) is 0 Å². The lowest BCUT2D eigenvalue weighted by Crippen LogP contribution is -2.44. The third-order valence-electron chi connectivity index (χ3n) is 3.15. The van der Waals surface area contributed by atoms with Crippen molar-refractivity contribution in [3.63, 3.8) is 0 Å². The van der Waals surface area contributed by atoms with E-state index >= 15 is 0 Å². The van der Waals surface area contributed by atoms with E-state index in [-0.39, 0.29) is 5.75 Å². The van der Waals surface area contributed by atoms with Crippen LogP contribution in [-0.4, -0.2) is 31.2 Å². The lowest BCUT2D eigenvalue weighted by molar-refractivity contribution is -0.121. The molecular formula is C12H15FN2O3S. The third-order valence-corrected chi connectivity index (χ3v) is 5.00. The molecule has 0 spiro atoms. The number of nitrogens with two attached hydrogens (primary N) is 1. The fourth-order valence-corrected chi connectivity index (χ4v) is 4.02. The minimum atomic E-state index is -3.61. The Morgan fingerprint density at radius 3 is 2.58 bits per heavy atom. The molecule has 1 fully saturated rings. The first-order valence-electron chi connectivity index (χ1n) is 5.93. The number of rotatable bonds is 4. The van der Waals surface area contributed by atoms with Crippen LogP contribution in [0, 0.1) is 5.82 Å². The molecule has 0 radical (unpaired) electrons. The van der Waals surface area contributed by atoms with Crippen LogP contribution < -0.4 is 5.73 Å². The van der Waals surface area contributed by atoms with Crippen LogP contribution in [0.1, 0.15) is 18.4 Å². The van der Waals surface area contributed by atoms with Crippen molar-refractivity contribution in [2.24, 2.45) is 5.73 Å². The Bertz CT molecular complexity index is 571. The van der Waals surface area contributed by atoms with E-state index in [1.54, 1.807) is 0 Å². The van der Waals surface area contributed by atoms with Gasteiger partial charge in [0.15, 0.2) is 0 Å². The largest absolute Gasteiger partial charge is 0.368 e. The van der Waals surface area contributed by atoms with Gasteiger partial charge >= 0.3 is 0 Å². The number of nitrogens with zero attached hydrogens (tertiary/aromatic N) is 1. The molecular weight excluding hydrogens is 271 g/mol. The lowest BCUT2D eigenvalue weighted by atomic mass is 10.2. The molecule has 0 aromatic heterocycles. The summed E-state index contributed by atoms with van der Waals surface area (Å²) in [6.07, 6.45) is 1.08. The van der Waals surface area contributed by atoms with Gasteiger partial charge in [-0.1, -0.05) is 12.1 Å². The number of hydrogen-bond acceptors (Lipinski definition) is 3. The van der Waals surface area contributed by atoms with E-state index in [1.807, 2.05) is 0 Å². The Kier molecular flexibility index (Phi) is 3.86. The van der Waals surface area contributed by atoms with Crippen molar-refractivity contribution in [3.05, 3.63) is 35.6 Å². The summed E-state index contributed by atoms with van der Waals surface area (Å²) in [6.45, 7) is 0.303. The van der Waals surface area contributed by atoms with Crippen molar-refractivity contribution in [3.8, 4) is 0 Å². The molecule has 1 atom stereocenters. The van der Waals surface area contributed by atoms with Crippen LogP contribution in [0.15, 0.2) is 24.3 Å². The average Bonchev–Trinajstić information content (AvgIpc) is 2.82. The first-order chi connectivity index (χ1) is 8.90. The Labute approximate surface area is 111 Å². The number of amides is 1. The second kappa shape index (κ2) is 5.26. The second-order valence-corrected chi connectivity index (χ2v) is 6.48. The molecule has 0 aliphatic carbocycles. The molecule has 1 aliphatic rings. The van der Waals surface area contributed by atoms with Crippen LogP contribution in [0.25, 0.3) is 0 Å². The molecule has 1 aromatic rings. The fourth-order valence-electron chi connectivity index (χ4n) is 2.23. The fraction of sp³-hybridized carbons (Fsp3) is 0.417. The Morgan fingerprint density at radius 1 is 1.37 bits per heavy atom. The molecule has 2 N–H and O–H groups in total. The first kappa shape index (κ1) is 14.0. The highest BCUT2D eigenvalue weighted by Gasteiger charge is 2.37. The molecule has 19 heavy (non-hydrogen) atoms. The predicted octanol–water partition coefficient (Wildman–Crippen LogP) is 0.605. The Balaban J connectivity index is 2.18. The van der Waals surface area contributed by atoms with Gasteiger partial charge in [0.1, 0.15) is 11.9 Å². The highest BCUT2D eigenvalue weighted by atomic mass is 32.2. The summed E-state index contributed by atoms with van der Waals surface area (Å²) in [5, 5.41) is 0. The molecule has 1 aliphatic heterocycles. The number of benzene rings is 1. The zero-order valence-corrected chi connectivity index (χ0v) is 11.1. The van der Waals surface area contributed by atoms with Crippen LogP contribution in [0.4, 0.5) is 4.39 Å². The molecule has 0 bridgehead atoms. The number of halogens is 1. The Hall–Kier alpha value is -1.47. The summed E-state index contributed by atoms with van der Waals surface area (Å²) >= 11 is 0. The molecule has 0 unspecified atom stereocenters. The number of carbonyl (C=O) groups excluding carboxylic acids is 1. The van der Waals surface area contributed by atoms with Gasteiger partial charge in [0.05, 0.1) is 5.75 Å². The molecule has 1 saturated heterocycles. The summed E-state index contributed by atoms with van der Waals surface area (Å²) in [4.78, 5) is 11.2. The van der Waals surface area contributed by atoms with Crippen molar-refractivity contribution in [2.45, 2.75) is 24.6 Å². The quantitative estimate of drug-likeness (QED) is 0.880. The van der Waals surface area contributed by atoms with E-state index in [1.165, 1.54) is 24.3 Å². The molecule has 7 heteroatoms. The normalized spacial score (nSPS) is 20.6. The van der Waals surface area contributed by atoms with Gasteiger partial charge in [0, 0.05) is 6.54 Å². The molecule has 1 amide bonds. The highest BCUT2D eigenvalue weighted by Crippen LogP contribution is 2.23. The zero-order chi connectivity index (χ0) is 14.0. The van der Waals surface area contributed by atoms with Crippen LogP contribution in [0.3, 0.4) is 0 Å². The van der Waals surface area contributed by atoms with E-state index < -0.39 is 27.8 Å². The van der Waals surface area contributed by atoms with E-state index in [2.05, 4.69) is 0 Å². The maximum absolute atomic E-state index is 12.8. The Morgan fingerprint density at radius 2 is 2.00 bits per heavy atom. The third kappa shape index (κ3) is 3.10. The summed E-state index contributed by atoms with van der Waals surface area (Å²) in [6, 6.07) is 4.50. The predicted molar refractivity (Wildman–Crippen MR) is 67.9 cm³/mol. The van der Waals surface area contributed by atoms with E-state index in [4.69, 9.17) is 5.73 Å². The number of hydrogen-bond donors (Lipinski definition) is 1. The van der Waals surface area contributed by atoms with Gasteiger partial charge in [-0.15, -0.1) is 0 Å². The van der Waals surface area contributed by atoms with Crippen molar-refractivity contribution >= 4 is 15.9 Å². The van der Waals surface area contributed by atoms with Crippen LogP contribution in [-0.2, 0) is 20.6 Å². The van der Waals surface area contributed by atoms with Crippen LogP contribution >= 0.6 is 0 Å². The molecule has 104 valence electrons.